The minimum atomic E-state index is 0.0553. The molecule has 0 unspecified atom stereocenters. The van der Waals surface area contributed by atoms with Crippen molar-refractivity contribution in [2.24, 2.45) is 11.6 Å². The molecule has 2 heterocycles. The Morgan fingerprint density at radius 2 is 2.14 bits per heavy atom. The zero-order valence-corrected chi connectivity index (χ0v) is 12.2. The Hall–Kier alpha value is -2.51. The Kier molecular flexibility index (Phi) is 3.28. The predicted octanol–water partition coefficient (Wildman–Crippen LogP) is 2.24. The molecule has 106 valence electrons. The number of fused-ring (bicyclic) bond motifs is 1. The molecule has 1 aromatic carbocycles. The molecule has 0 aliphatic carbocycles. The van der Waals surface area contributed by atoms with Gasteiger partial charge in [0.05, 0.1) is 10.2 Å². The average molecular weight is 298 g/mol. The third-order valence-corrected chi connectivity index (χ3v) is 4.61. The second kappa shape index (κ2) is 5.12. The topological polar surface area (TPSA) is 114 Å². The maximum atomic E-state index is 7.55. The zero-order valence-electron chi connectivity index (χ0n) is 11.3. The number of nitrogen functional groups attached to an aromatic ring is 2. The highest BCUT2D eigenvalue weighted by Crippen LogP contribution is 2.39. The minimum absolute atomic E-state index is 0.0553. The average Bonchev–Trinajstić information content (AvgIpc) is 2.85. The minimum Gasteiger partial charge on any atom is -0.384 e. The van der Waals surface area contributed by atoms with E-state index >= 15 is 0 Å². The lowest BCUT2D eigenvalue weighted by Gasteiger charge is -2.03. The summed E-state index contributed by atoms with van der Waals surface area (Å²) in [6, 6.07) is 7.61. The van der Waals surface area contributed by atoms with E-state index in [1.54, 1.807) is 11.3 Å². The number of nitrogens with zero attached hydrogens (tertiary/aromatic N) is 2. The van der Waals surface area contributed by atoms with Crippen LogP contribution in [0.5, 0.6) is 0 Å². The number of hydrogen-bond donors (Lipinski definition) is 4. The van der Waals surface area contributed by atoms with Gasteiger partial charge in [-0.05, 0) is 24.1 Å². The van der Waals surface area contributed by atoms with Gasteiger partial charge in [-0.1, -0.05) is 18.2 Å². The van der Waals surface area contributed by atoms with Crippen molar-refractivity contribution in [3.63, 3.8) is 0 Å². The second-order valence-electron chi connectivity index (χ2n) is 4.60. The largest absolute Gasteiger partial charge is 0.384 e. The predicted molar refractivity (Wildman–Crippen MR) is 86.4 cm³/mol. The summed E-state index contributed by atoms with van der Waals surface area (Å²) in [5, 5.41) is 7.55. The monoisotopic (exact) mass is 298 g/mol. The van der Waals surface area contributed by atoms with E-state index in [1.165, 1.54) is 6.33 Å². The summed E-state index contributed by atoms with van der Waals surface area (Å²) in [7, 11) is 0. The van der Waals surface area contributed by atoms with Gasteiger partial charge < -0.3 is 11.2 Å². The summed E-state index contributed by atoms with van der Waals surface area (Å²) >= 11 is 1.57. The van der Waals surface area contributed by atoms with E-state index in [9.17, 15) is 0 Å². The number of thiophene rings is 1. The first-order valence-electron chi connectivity index (χ1n) is 6.27. The molecule has 0 saturated heterocycles. The van der Waals surface area contributed by atoms with Crippen LogP contribution >= 0.6 is 11.3 Å². The lowest BCUT2D eigenvalue weighted by Crippen LogP contribution is -2.10. The lowest BCUT2D eigenvalue weighted by atomic mass is 10.1. The first-order valence-corrected chi connectivity index (χ1v) is 7.09. The van der Waals surface area contributed by atoms with Gasteiger partial charge in [0.25, 0.3) is 0 Å². The van der Waals surface area contributed by atoms with E-state index < -0.39 is 0 Å². The van der Waals surface area contributed by atoms with Crippen LogP contribution in [0.1, 0.15) is 11.1 Å². The van der Waals surface area contributed by atoms with Crippen molar-refractivity contribution >= 4 is 33.2 Å². The van der Waals surface area contributed by atoms with Gasteiger partial charge in [-0.2, -0.15) is 0 Å². The molecular formula is C14H14N6S. The molecule has 0 amide bonds. The standard InChI is InChI=1S/C14H14N6S/c1-7-10-12(14(20-17)19-6-18-10)21-11(7)8-3-2-4-9(5-8)13(15)16/h2-6H,17H2,1H3,(H3,15,16)(H,18,19,20). The Morgan fingerprint density at radius 1 is 1.33 bits per heavy atom. The van der Waals surface area contributed by atoms with E-state index in [-0.39, 0.29) is 5.84 Å². The van der Waals surface area contributed by atoms with Crippen LogP contribution in [0.15, 0.2) is 30.6 Å². The summed E-state index contributed by atoms with van der Waals surface area (Å²) in [6.45, 7) is 2.02. The molecule has 6 N–H and O–H groups in total. The summed E-state index contributed by atoms with van der Waals surface area (Å²) < 4.78 is 0.917. The highest BCUT2D eigenvalue weighted by atomic mass is 32.1. The highest BCUT2D eigenvalue weighted by Gasteiger charge is 2.15. The molecule has 0 atom stereocenters. The molecule has 7 heteroatoms. The number of benzene rings is 1. The van der Waals surface area contributed by atoms with Crippen LogP contribution in [0, 0.1) is 12.3 Å². The fourth-order valence-corrected chi connectivity index (χ4v) is 3.44. The smallest absolute Gasteiger partial charge is 0.161 e. The molecule has 3 rings (SSSR count). The molecule has 0 aliphatic rings. The van der Waals surface area contributed by atoms with Crippen LogP contribution in [-0.4, -0.2) is 15.8 Å². The van der Waals surface area contributed by atoms with Crippen LogP contribution in [0.2, 0.25) is 0 Å². The quantitative estimate of drug-likeness (QED) is 0.256. The van der Waals surface area contributed by atoms with Gasteiger partial charge in [0.15, 0.2) is 5.82 Å². The summed E-state index contributed by atoms with van der Waals surface area (Å²) in [5.74, 6) is 6.17. The normalized spacial score (nSPS) is 10.8. The van der Waals surface area contributed by atoms with Crippen LogP contribution < -0.4 is 17.0 Å². The van der Waals surface area contributed by atoms with Gasteiger partial charge in [0.1, 0.15) is 12.2 Å². The van der Waals surface area contributed by atoms with Gasteiger partial charge in [-0.15, -0.1) is 11.3 Å². The number of aryl methyl sites for hydroxylation is 1. The second-order valence-corrected chi connectivity index (χ2v) is 5.62. The maximum absolute atomic E-state index is 7.55. The SMILES string of the molecule is Cc1c(-c2cccc(C(=N)N)c2)sc2c(NN)ncnc12. The number of rotatable bonds is 3. The number of nitrogens with one attached hydrogen (secondary N) is 2. The van der Waals surface area contributed by atoms with Gasteiger partial charge in [-0.3, -0.25) is 5.41 Å². The number of hydrazine groups is 1. The maximum Gasteiger partial charge on any atom is 0.161 e. The zero-order chi connectivity index (χ0) is 15.0. The van der Waals surface area contributed by atoms with Crippen LogP contribution in [0.3, 0.4) is 0 Å². The van der Waals surface area contributed by atoms with Crippen molar-refractivity contribution in [2.75, 3.05) is 5.43 Å². The molecule has 6 nitrogen and oxygen atoms in total. The van der Waals surface area contributed by atoms with Gasteiger partial charge in [-0.25, -0.2) is 15.8 Å². The van der Waals surface area contributed by atoms with Crippen molar-refractivity contribution in [3.8, 4) is 10.4 Å². The number of anilines is 1. The van der Waals surface area contributed by atoms with Gasteiger partial charge >= 0.3 is 0 Å². The third-order valence-electron chi connectivity index (χ3n) is 3.28. The van der Waals surface area contributed by atoms with Gasteiger partial charge in [0.2, 0.25) is 0 Å². The molecule has 0 saturated carbocycles. The molecule has 0 bridgehead atoms. The summed E-state index contributed by atoms with van der Waals surface area (Å²) in [5.41, 5.74) is 11.8. The number of amidine groups is 1. The molecule has 0 spiro atoms. The molecule has 21 heavy (non-hydrogen) atoms. The molecule has 3 aromatic rings. The van der Waals surface area contributed by atoms with E-state index in [2.05, 4.69) is 15.4 Å². The van der Waals surface area contributed by atoms with E-state index in [0.29, 0.717) is 11.4 Å². The van der Waals surface area contributed by atoms with Crippen molar-refractivity contribution in [1.82, 2.24) is 9.97 Å². The van der Waals surface area contributed by atoms with Crippen molar-refractivity contribution in [2.45, 2.75) is 6.92 Å². The fraction of sp³-hybridized carbons (Fsp3) is 0.0714. The number of aromatic nitrogens is 2. The highest BCUT2D eigenvalue weighted by molar-refractivity contribution is 7.23. The van der Waals surface area contributed by atoms with E-state index in [1.807, 2.05) is 31.2 Å². The summed E-state index contributed by atoms with van der Waals surface area (Å²) in [4.78, 5) is 9.53. The number of nitrogens with two attached hydrogens (primary N) is 2. The van der Waals surface area contributed by atoms with Crippen LogP contribution in [0.4, 0.5) is 5.82 Å². The van der Waals surface area contributed by atoms with Crippen molar-refractivity contribution in [1.29, 1.82) is 5.41 Å². The number of hydrogen-bond acceptors (Lipinski definition) is 6. The van der Waals surface area contributed by atoms with Gasteiger partial charge in [0, 0.05) is 10.4 Å². The van der Waals surface area contributed by atoms with E-state index in [4.69, 9.17) is 17.0 Å². The molecular weight excluding hydrogens is 284 g/mol. The Bertz CT molecular complexity index is 839. The Labute approximate surface area is 125 Å². The molecule has 2 aromatic heterocycles. The van der Waals surface area contributed by atoms with Crippen molar-refractivity contribution in [3.05, 3.63) is 41.7 Å². The molecule has 0 aliphatic heterocycles. The van der Waals surface area contributed by atoms with E-state index in [0.717, 1.165) is 26.2 Å². The molecule has 0 radical (unpaired) electrons. The first kappa shape index (κ1) is 13.5. The Balaban J connectivity index is 2.23. The van der Waals surface area contributed by atoms with Crippen molar-refractivity contribution < 1.29 is 0 Å². The van der Waals surface area contributed by atoms with Crippen LogP contribution in [0.25, 0.3) is 20.7 Å². The van der Waals surface area contributed by atoms with Crippen LogP contribution in [-0.2, 0) is 0 Å². The lowest BCUT2D eigenvalue weighted by molar-refractivity contribution is 1.18. The molecule has 0 fully saturated rings. The first-order chi connectivity index (χ1) is 10.1. The Morgan fingerprint density at radius 3 is 2.86 bits per heavy atom. The summed E-state index contributed by atoms with van der Waals surface area (Å²) in [6.07, 6.45) is 1.49. The third kappa shape index (κ3) is 2.22. The fourth-order valence-electron chi connectivity index (χ4n) is 2.23.